The van der Waals surface area contributed by atoms with E-state index in [4.69, 9.17) is 10.5 Å². The van der Waals surface area contributed by atoms with Crippen molar-refractivity contribution in [3.8, 4) is 0 Å². The van der Waals surface area contributed by atoms with Gasteiger partial charge in [-0.2, -0.15) is 0 Å². The zero-order chi connectivity index (χ0) is 14.3. The van der Waals surface area contributed by atoms with Crippen molar-refractivity contribution in [2.75, 3.05) is 25.2 Å². The molecule has 0 atom stereocenters. The Kier molecular flexibility index (Phi) is 6.81. The Morgan fingerprint density at radius 1 is 1.32 bits per heavy atom. The molecule has 1 aromatic carbocycles. The number of halogens is 1. The van der Waals surface area contributed by atoms with Gasteiger partial charge in [-0.25, -0.2) is 4.39 Å². The molecule has 19 heavy (non-hydrogen) atoms. The average molecular weight is 268 g/mol. The van der Waals surface area contributed by atoms with Gasteiger partial charge in [-0.3, -0.25) is 0 Å². The lowest BCUT2D eigenvalue weighted by Crippen LogP contribution is -2.37. The summed E-state index contributed by atoms with van der Waals surface area (Å²) in [6, 6.07) is 5.70. The molecule has 0 unspecified atom stereocenters. The van der Waals surface area contributed by atoms with Crippen LogP contribution in [-0.2, 0) is 11.3 Å². The molecular weight excluding hydrogens is 243 g/mol. The van der Waals surface area contributed by atoms with E-state index < -0.39 is 0 Å². The van der Waals surface area contributed by atoms with Gasteiger partial charge in [-0.15, -0.1) is 0 Å². The predicted octanol–water partition coefficient (Wildman–Crippen LogP) is 2.93. The molecule has 0 fully saturated rings. The summed E-state index contributed by atoms with van der Waals surface area (Å²) in [4.78, 5) is 2.22. The molecule has 0 bridgehead atoms. The molecule has 4 heteroatoms. The molecule has 0 spiro atoms. The molecule has 0 aliphatic rings. The standard InChI is InChI=1S/C15H25FN2O/c1-4-13(5-2)18(8-9-19-3)14-7-6-12(11-17)15(16)10-14/h6-7,10,13H,4-5,8-9,11,17H2,1-3H3. The normalized spacial score (nSPS) is 11.1. The summed E-state index contributed by atoms with van der Waals surface area (Å²) >= 11 is 0. The molecule has 0 heterocycles. The summed E-state index contributed by atoms with van der Waals surface area (Å²) in [5.41, 5.74) is 6.95. The topological polar surface area (TPSA) is 38.5 Å². The van der Waals surface area contributed by atoms with E-state index in [9.17, 15) is 4.39 Å². The number of hydrogen-bond acceptors (Lipinski definition) is 3. The summed E-state index contributed by atoms with van der Waals surface area (Å²) < 4.78 is 19.0. The Morgan fingerprint density at radius 2 is 2.00 bits per heavy atom. The lowest BCUT2D eigenvalue weighted by Gasteiger charge is -2.32. The van der Waals surface area contributed by atoms with Crippen LogP contribution in [0.2, 0.25) is 0 Å². The monoisotopic (exact) mass is 268 g/mol. The van der Waals surface area contributed by atoms with Gasteiger partial charge < -0.3 is 15.4 Å². The quantitative estimate of drug-likeness (QED) is 0.788. The Labute approximate surface area is 115 Å². The van der Waals surface area contributed by atoms with Crippen LogP contribution in [0, 0.1) is 5.82 Å². The minimum Gasteiger partial charge on any atom is -0.383 e. The fourth-order valence-corrected chi connectivity index (χ4v) is 2.32. The van der Waals surface area contributed by atoms with Gasteiger partial charge in [0.1, 0.15) is 5.82 Å². The number of benzene rings is 1. The molecule has 0 saturated heterocycles. The summed E-state index contributed by atoms with van der Waals surface area (Å²) in [7, 11) is 1.68. The van der Waals surface area contributed by atoms with Crippen LogP contribution in [0.1, 0.15) is 32.3 Å². The molecule has 2 N–H and O–H groups in total. The second-order valence-electron chi connectivity index (χ2n) is 4.64. The van der Waals surface area contributed by atoms with E-state index in [0.717, 1.165) is 25.1 Å². The van der Waals surface area contributed by atoms with Crippen molar-refractivity contribution in [1.29, 1.82) is 0 Å². The SMILES string of the molecule is CCC(CC)N(CCOC)c1ccc(CN)c(F)c1. The van der Waals surface area contributed by atoms with E-state index in [1.165, 1.54) is 0 Å². The molecular formula is C15H25FN2O. The van der Waals surface area contributed by atoms with Gasteiger partial charge in [0.05, 0.1) is 6.61 Å². The first-order valence-corrected chi connectivity index (χ1v) is 6.91. The third-order valence-electron chi connectivity index (χ3n) is 3.51. The number of anilines is 1. The second-order valence-corrected chi connectivity index (χ2v) is 4.64. The predicted molar refractivity (Wildman–Crippen MR) is 77.9 cm³/mol. The first kappa shape index (κ1) is 15.9. The highest BCUT2D eigenvalue weighted by atomic mass is 19.1. The van der Waals surface area contributed by atoms with Crippen molar-refractivity contribution in [2.45, 2.75) is 39.3 Å². The fraction of sp³-hybridized carbons (Fsp3) is 0.600. The zero-order valence-corrected chi connectivity index (χ0v) is 12.2. The highest BCUT2D eigenvalue weighted by molar-refractivity contribution is 5.49. The minimum absolute atomic E-state index is 0.228. The van der Waals surface area contributed by atoms with Crippen LogP contribution in [0.4, 0.5) is 10.1 Å². The molecule has 0 aliphatic heterocycles. The van der Waals surface area contributed by atoms with Gasteiger partial charge in [0.2, 0.25) is 0 Å². The lowest BCUT2D eigenvalue weighted by molar-refractivity contribution is 0.202. The number of ether oxygens (including phenoxy) is 1. The first-order valence-electron chi connectivity index (χ1n) is 6.91. The van der Waals surface area contributed by atoms with Crippen molar-refractivity contribution in [1.82, 2.24) is 0 Å². The molecule has 108 valence electrons. The Morgan fingerprint density at radius 3 is 2.47 bits per heavy atom. The summed E-state index contributed by atoms with van der Waals surface area (Å²) in [5, 5.41) is 0. The van der Waals surface area contributed by atoms with Gasteiger partial charge in [-0.05, 0) is 25.0 Å². The number of rotatable bonds is 8. The van der Waals surface area contributed by atoms with Crippen LogP contribution < -0.4 is 10.6 Å². The number of hydrogen-bond donors (Lipinski definition) is 1. The van der Waals surface area contributed by atoms with Crippen LogP contribution in [0.3, 0.4) is 0 Å². The maximum Gasteiger partial charge on any atom is 0.129 e. The largest absolute Gasteiger partial charge is 0.383 e. The Bertz CT molecular complexity index is 380. The Hall–Kier alpha value is -1.13. The van der Waals surface area contributed by atoms with Gasteiger partial charge >= 0.3 is 0 Å². The van der Waals surface area contributed by atoms with E-state index in [1.54, 1.807) is 19.2 Å². The molecule has 0 aliphatic carbocycles. The molecule has 0 radical (unpaired) electrons. The van der Waals surface area contributed by atoms with Crippen molar-refractivity contribution in [3.05, 3.63) is 29.6 Å². The smallest absolute Gasteiger partial charge is 0.129 e. The van der Waals surface area contributed by atoms with Gasteiger partial charge in [0.25, 0.3) is 0 Å². The van der Waals surface area contributed by atoms with Crippen LogP contribution in [0.25, 0.3) is 0 Å². The highest BCUT2D eigenvalue weighted by Gasteiger charge is 2.16. The van der Waals surface area contributed by atoms with Crippen molar-refractivity contribution in [2.24, 2.45) is 5.73 Å². The number of methoxy groups -OCH3 is 1. The highest BCUT2D eigenvalue weighted by Crippen LogP contribution is 2.23. The van der Waals surface area contributed by atoms with Crippen LogP contribution in [0.15, 0.2) is 18.2 Å². The minimum atomic E-state index is -0.228. The molecule has 0 amide bonds. The molecule has 1 rings (SSSR count). The van der Waals surface area contributed by atoms with Gasteiger partial charge in [0.15, 0.2) is 0 Å². The summed E-state index contributed by atoms with van der Waals surface area (Å²) in [6.45, 7) is 5.94. The molecule has 3 nitrogen and oxygen atoms in total. The first-order chi connectivity index (χ1) is 9.17. The maximum atomic E-state index is 13.9. The van der Waals surface area contributed by atoms with E-state index in [2.05, 4.69) is 18.7 Å². The van der Waals surface area contributed by atoms with Crippen LogP contribution in [0.5, 0.6) is 0 Å². The third-order valence-corrected chi connectivity index (χ3v) is 3.51. The van der Waals surface area contributed by atoms with Crippen LogP contribution >= 0.6 is 0 Å². The van der Waals surface area contributed by atoms with E-state index in [-0.39, 0.29) is 12.4 Å². The number of nitrogens with two attached hydrogens (primary N) is 1. The van der Waals surface area contributed by atoms with Crippen molar-refractivity contribution >= 4 is 5.69 Å². The second kappa shape index (κ2) is 8.12. The lowest BCUT2D eigenvalue weighted by atomic mass is 10.1. The zero-order valence-electron chi connectivity index (χ0n) is 12.2. The molecule has 1 aromatic rings. The van der Waals surface area contributed by atoms with Gasteiger partial charge in [0, 0.05) is 37.5 Å². The molecule has 0 aromatic heterocycles. The maximum absolute atomic E-state index is 13.9. The van der Waals surface area contributed by atoms with E-state index >= 15 is 0 Å². The third kappa shape index (κ3) is 4.18. The van der Waals surface area contributed by atoms with Gasteiger partial charge in [-0.1, -0.05) is 19.9 Å². The number of nitrogens with zero attached hydrogens (tertiary/aromatic N) is 1. The van der Waals surface area contributed by atoms with Crippen molar-refractivity contribution < 1.29 is 9.13 Å². The molecule has 0 saturated carbocycles. The average Bonchev–Trinajstić information content (AvgIpc) is 2.43. The van der Waals surface area contributed by atoms with Crippen molar-refractivity contribution in [3.63, 3.8) is 0 Å². The van der Waals surface area contributed by atoms with E-state index in [0.29, 0.717) is 18.2 Å². The van der Waals surface area contributed by atoms with Crippen LogP contribution in [-0.4, -0.2) is 26.3 Å². The summed E-state index contributed by atoms with van der Waals surface area (Å²) in [5.74, 6) is -0.228. The summed E-state index contributed by atoms with van der Waals surface area (Å²) in [6.07, 6.45) is 2.06. The Balaban J connectivity index is 2.98. The fourth-order valence-electron chi connectivity index (χ4n) is 2.32. The van der Waals surface area contributed by atoms with E-state index in [1.807, 2.05) is 6.07 Å².